The maximum atomic E-state index is 12.8. The Morgan fingerprint density at radius 3 is 1.74 bits per heavy atom. The lowest BCUT2D eigenvalue weighted by atomic mass is 10.0. The molecule has 0 fully saturated rings. The fourth-order valence-electron chi connectivity index (χ4n) is 6.27. The molecule has 5 rings (SSSR count). The molecule has 0 saturated carbocycles. The molecule has 0 aliphatic carbocycles. The van der Waals surface area contributed by atoms with Gasteiger partial charge in [0.15, 0.2) is 34.5 Å². The molecular weight excluding hydrogens is 688 g/mol. The number of amides is 1. The number of benzene rings is 4. The van der Waals surface area contributed by atoms with Crippen molar-refractivity contribution in [2.75, 3.05) is 61.2 Å². The van der Waals surface area contributed by atoms with Crippen LogP contribution in [0.3, 0.4) is 0 Å². The van der Waals surface area contributed by atoms with E-state index < -0.39 is 6.17 Å². The molecule has 4 aromatic carbocycles. The molecule has 54 heavy (non-hydrogen) atoms. The molecule has 1 amide bonds. The Balaban J connectivity index is 0.989. The molecule has 1 aliphatic rings. The summed E-state index contributed by atoms with van der Waals surface area (Å²) in [5, 5.41) is 6.38. The first-order valence-corrected chi connectivity index (χ1v) is 18.3. The zero-order valence-electron chi connectivity index (χ0n) is 32.1. The summed E-state index contributed by atoms with van der Waals surface area (Å²) < 4.78 is 45.0. The van der Waals surface area contributed by atoms with E-state index in [4.69, 9.17) is 37.9 Å². The maximum absolute atomic E-state index is 12.8. The summed E-state index contributed by atoms with van der Waals surface area (Å²) in [6, 6.07) is 20.9. The Morgan fingerprint density at radius 1 is 0.519 bits per heavy atom. The van der Waals surface area contributed by atoms with Gasteiger partial charge in [0.2, 0.25) is 5.75 Å². The number of rotatable bonds is 21. The topological polar surface area (TPSA) is 115 Å². The highest BCUT2D eigenvalue weighted by molar-refractivity contribution is 6.02. The maximum Gasteiger partial charge on any atom is 0.255 e. The van der Waals surface area contributed by atoms with Crippen molar-refractivity contribution in [3.05, 3.63) is 89.0 Å². The van der Waals surface area contributed by atoms with E-state index in [1.54, 1.807) is 48.7 Å². The molecule has 288 valence electrons. The highest BCUT2D eigenvalue weighted by Gasteiger charge is 2.26. The lowest BCUT2D eigenvalue weighted by molar-refractivity contribution is 0.0935. The average molecular weight is 741 g/mol. The largest absolute Gasteiger partial charge is 0.497 e. The molecule has 11 heteroatoms. The van der Waals surface area contributed by atoms with Crippen molar-refractivity contribution in [2.24, 2.45) is 0 Å². The van der Waals surface area contributed by atoms with Gasteiger partial charge in [-0.2, -0.15) is 0 Å². The van der Waals surface area contributed by atoms with E-state index in [0.717, 1.165) is 66.7 Å². The number of ether oxygens (including phenoxy) is 8. The second-order valence-electron chi connectivity index (χ2n) is 12.7. The van der Waals surface area contributed by atoms with Gasteiger partial charge in [-0.15, -0.1) is 0 Å². The quantitative estimate of drug-likeness (QED) is 0.0634. The summed E-state index contributed by atoms with van der Waals surface area (Å²) in [5.74, 6) is 4.97. The van der Waals surface area contributed by atoms with Gasteiger partial charge >= 0.3 is 0 Å². The van der Waals surface area contributed by atoms with Gasteiger partial charge in [-0.3, -0.25) is 4.79 Å². The number of nitrogens with one attached hydrogen (secondary N) is 2. The van der Waals surface area contributed by atoms with E-state index in [1.807, 2.05) is 72.8 Å². The number of hydrogen-bond donors (Lipinski definition) is 2. The molecule has 1 aliphatic heterocycles. The van der Waals surface area contributed by atoms with Crippen molar-refractivity contribution >= 4 is 23.7 Å². The molecule has 0 radical (unpaired) electrons. The van der Waals surface area contributed by atoms with Gasteiger partial charge in [0, 0.05) is 5.69 Å². The minimum atomic E-state index is -0.391. The minimum Gasteiger partial charge on any atom is -0.497 e. The van der Waals surface area contributed by atoms with Crippen molar-refractivity contribution < 1.29 is 42.7 Å². The van der Waals surface area contributed by atoms with Crippen molar-refractivity contribution in [1.82, 2.24) is 5.32 Å². The molecule has 1 heterocycles. The first-order valence-electron chi connectivity index (χ1n) is 18.3. The molecule has 11 nitrogen and oxygen atoms in total. The highest BCUT2D eigenvalue weighted by Crippen LogP contribution is 2.39. The van der Waals surface area contributed by atoms with Crippen LogP contribution in [-0.4, -0.2) is 61.8 Å². The van der Waals surface area contributed by atoms with Gasteiger partial charge in [-0.25, -0.2) is 0 Å². The van der Waals surface area contributed by atoms with Crippen molar-refractivity contribution in [1.29, 1.82) is 0 Å². The van der Waals surface area contributed by atoms with E-state index in [-0.39, 0.29) is 5.91 Å². The second kappa shape index (κ2) is 19.9. The van der Waals surface area contributed by atoms with Gasteiger partial charge < -0.3 is 48.5 Å². The predicted molar refractivity (Wildman–Crippen MR) is 211 cm³/mol. The van der Waals surface area contributed by atoms with Crippen LogP contribution in [0.15, 0.2) is 66.7 Å². The number of carbonyl (C=O) groups excluding carboxylic acids is 1. The Hall–Kier alpha value is -5.71. The Labute approximate surface area is 318 Å². The van der Waals surface area contributed by atoms with Gasteiger partial charge in [-0.05, 0) is 84.1 Å². The van der Waals surface area contributed by atoms with Gasteiger partial charge in [0.1, 0.15) is 11.9 Å². The van der Waals surface area contributed by atoms with E-state index in [9.17, 15) is 4.79 Å². The summed E-state index contributed by atoms with van der Waals surface area (Å²) in [4.78, 5) is 12.8. The monoisotopic (exact) mass is 740 g/mol. The van der Waals surface area contributed by atoms with Gasteiger partial charge in [0.05, 0.1) is 61.4 Å². The lowest BCUT2D eigenvalue weighted by Crippen LogP contribution is -2.38. The predicted octanol–water partition coefficient (Wildman–Crippen LogP) is 8.95. The van der Waals surface area contributed by atoms with Crippen molar-refractivity contribution in [3.63, 3.8) is 0 Å². The highest BCUT2D eigenvalue weighted by atomic mass is 16.5. The summed E-state index contributed by atoms with van der Waals surface area (Å²) in [5.41, 5.74) is 4.07. The summed E-state index contributed by atoms with van der Waals surface area (Å²) >= 11 is 0. The van der Waals surface area contributed by atoms with E-state index in [0.29, 0.717) is 59.0 Å². The van der Waals surface area contributed by atoms with Crippen LogP contribution >= 0.6 is 0 Å². The number of hydrogen-bond acceptors (Lipinski definition) is 10. The van der Waals surface area contributed by atoms with E-state index >= 15 is 0 Å². The Kier molecular flexibility index (Phi) is 14.6. The van der Waals surface area contributed by atoms with Crippen LogP contribution in [0.1, 0.15) is 78.2 Å². The van der Waals surface area contributed by atoms with Gasteiger partial charge in [0.25, 0.3) is 5.91 Å². The molecule has 0 bridgehead atoms. The van der Waals surface area contributed by atoms with Crippen LogP contribution in [0.4, 0.5) is 5.69 Å². The third kappa shape index (κ3) is 10.2. The molecule has 4 aromatic rings. The van der Waals surface area contributed by atoms with Crippen molar-refractivity contribution in [2.45, 2.75) is 51.1 Å². The second-order valence-corrected chi connectivity index (χ2v) is 12.7. The Bertz CT molecular complexity index is 1850. The van der Waals surface area contributed by atoms with Gasteiger partial charge in [-0.1, -0.05) is 56.4 Å². The van der Waals surface area contributed by atoms with Crippen LogP contribution in [0, 0.1) is 0 Å². The molecular formula is C43H52N2O9. The zero-order chi connectivity index (χ0) is 38.3. The molecule has 2 N–H and O–H groups in total. The fraction of sp³-hybridized carbons (Fsp3) is 0.372. The van der Waals surface area contributed by atoms with Crippen molar-refractivity contribution in [3.8, 4) is 46.0 Å². The molecule has 1 atom stereocenters. The number of carbonyl (C=O) groups is 1. The summed E-state index contributed by atoms with van der Waals surface area (Å²) in [6.07, 6.45) is 11.2. The number of fused-ring (bicyclic) bond motifs is 1. The zero-order valence-corrected chi connectivity index (χ0v) is 32.1. The number of methoxy groups -OCH3 is 6. The normalized spacial score (nSPS) is 13.4. The summed E-state index contributed by atoms with van der Waals surface area (Å²) in [6.45, 7) is 1.23. The van der Waals surface area contributed by atoms with E-state index in [2.05, 4.69) is 10.6 Å². The molecule has 0 saturated heterocycles. The number of unbranched alkanes of at least 4 members (excludes halogenated alkanes) is 6. The summed E-state index contributed by atoms with van der Waals surface area (Å²) in [7, 11) is 9.66. The lowest BCUT2D eigenvalue weighted by Gasteiger charge is -2.28. The first-order chi connectivity index (χ1) is 26.4. The molecule has 0 spiro atoms. The van der Waals surface area contributed by atoms with E-state index in [1.165, 1.54) is 6.42 Å². The average Bonchev–Trinajstić information content (AvgIpc) is 3.21. The third-order valence-corrected chi connectivity index (χ3v) is 9.21. The molecule has 0 aromatic heterocycles. The minimum absolute atomic E-state index is 0.165. The fourth-order valence-corrected chi connectivity index (χ4v) is 6.27. The molecule has 1 unspecified atom stereocenters. The van der Waals surface area contributed by atoms with Crippen LogP contribution in [0.2, 0.25) is 0 Å². The smallest absolute Gasteiger partial charge is 0.255 e. The SMILES string of the molecule is COc1ccc2c(c1)C(=O)NC(c1ccc(OCCCCCCCCCOc3cc(/C=C/c4cc(OC)c(OC)c(OC)c4)ccc3OC)c(OC)c1)N2. The number of anilines is 1. The third-order valence-electron chi connectivity index (χ3n) is 9.21. The van der Waals surface area contributed by atoms with Crippen LogP contribution in [0.25, 0.3) is 12.2 Å². The standard InChI is InChI=1S/C43H52N2O9/c1-47-32-18-19-34-33(28-32)43(46)45-42(44-34)31-17-21-36(37(27-31)49-3)53-22-12-10-8-7-9-11-13-23-54-38-24-29(16-20-35(38)48-2)14-15-30-25-39(50-4)41(52-6)40(26-30)51-5/h14-21,24-28,42,44H,7-13,22-23H2,1-6H3,(H,45,46)/b15-14+. The first kappa shape index (κ1) is 39.5. The van der Waals surface area contributed by atoms with Crippen LogP contribution in [0.5, 0.6) is 46.0 Å². The van der Waals surface area contributed by atoms with Crippen LogP contribution in [-0.2, 0) is 0 Å². The Morgan fingerprint density at radius 2 is 1.11 bits per heavy atom. The van der Waals surface area contributed by atoms with Crippen LogP contribution < -0.4 is 48.5 Å².